The van der Waals surface area contributed by atoms with E-state index < -0.39 is 10.7 Å². The summed E-state index contributed by atoms with van der Waals surface area (Å²) in [4.78, 5) is 15.3. The first kappa shape index (κ1) is 13.2. The van der Waals surface area contributed by atoms with Crippen molar-refractivity contribution in [3.05, 3.63) is 38.6 Å². The summed E-state index contributed by atoms with van der Waals surface area (Å²) in [5.41, 5.74) is -0.0313. The quantitative estimate of drug-likeness (QED) is 0.627. The zero-order valence-electron chi connectivity index (χ0n) is 10.7. The second-order valence-electron chi connectivity index (χ2n) is 4.41. The van der Waals surface area contributed by atoms with Crippen LogP contribution in [-0.4, -0.2) is 32.9 Å². The van der Waals surface area contributed by atoms with E-state index in [1.165, 1.54) is 28.4 Å². The molecule has 1 fully saturated rings. The number of hydrogen-bond donors (Lipinski definition) is 0. The highest BCUT2D eigenvalue weighted by atomic mass is 32.1. The van der Waals surface area contributed by atoms with E-state index in [2.05, 4.69) is 10.1 Å². The summed E-state index contributed by atoms with van der Waals surface area (Å²) in [5, 5.41) is 15.3. The molecule has 1 aliphatic rings. The van der Waals surface area contributed by atoms with E-state index in [0.29, 0.717) is 19.8 Å². The normalized spacial score (nSPS) is 17.4. The predicted octanol–water partition coefficient (Wildman–Crippen LogP) is 1.52. The van der Waals surface area contributed by atoms with Crippen molar-refractivity contribution in [3.8, 4) is 0 Å². The van der Waals surface area contributed by atoms with E-state index in [-0.39, 0.29) is 5.69 Å². The van der Waals surface area contributed by atoms with Crippen molar-refractivity contribution in [2.75, 3.05) is 13.2 Å². The first-order valence-electron chi connectivity index (χ1n) is 5.97. The minimum atomic E-state index is -0.730. The molecule has 9 heteroatoms. The van der Waals surface area contributed by atoms with Crippen molar-refractivity contribution >= 4 is 17.0 Å². The van der Waals surface area contributed by atoms with Gasteiger partial charge in [0.2, 0.25) is 5.79 Å². The molecule has 0 spiro atoms. The van der Waals surface area contributed by atoms with Gasteiger partial charge in [-0.3, -0.25) is 14.8 Å². The Morgan fingerprint density at radius 1 is 1.50 bits per heavy atom. The van der Waals surface area contributed by atoms with Gasteiger partial charge < -0.3 is 9.47 Å². The fraction of sp³-hybridized carbons (Fsp3) is 0.455. The van der Waals surface area contributed by atoms with Crippen LogP contribution in [0.25, 0.3) is 0 Å². The Hall–Kier alpha value is -1.84. The lowest BCUT2D eigenvalue weighted by atomic mass is 10.3. The monoisotopic (exact) mass is 296 g/mol. The van der Waals surface area contributed by atoms with Gasteiger partial charge in [-0.1, -0.05) is 0 Å². The van der Waals surface area contributed by atoms with Crippen molar-refractivity contribution in [2.24, 2.45) is 0 Å². The Morgan fingerprint density at radius 3 is 2.90 bits per heavy atom. The van der Waals surface area contributed by atoms with Crippen molar-refractivity contribution in [1.82, 2.24) is 14.8 Å². The van der Waals surface area contributed by atoms with Crippen LogP contribution >= 0.6 is 11.3 Å². The summed E-state index contributed by atoms with van der Waals surface area (Å²) in [6, 6.07) is 0. The summed E-state index contributed by atoms with van der Waals surface area (Å²) in [6.07, 6.45) is 4.31. The summed E-state index contributed by atoms with van der Waals surface area (Å²) in [6.45, 7) is 3.37. The van der Waals surface area contributed by atoms with Crippen LogP contribution in [0.2, 0.25) is 0 Å². The summed E-state index contributed by atoms with van der Waals surface area (Å²) in [7, 11) is 0. The van der Waals surface area contributed by atoms with Crippen LogP contribution in [0.15, 0.2) is 18.6 Å². The van der Waals surface area contributed by atoms with E-state index in [0.717, 1.165) is 9.88 Å². The number of rotatable bonds is 4. The number of nitrogens with zero attached hydrogens (tertiary/aromatic N) is 4. The fourth-order valence-electron chi connectivity index (χ4n) is 1.92. The van der Waals surface area contributed by atoms with E-state index in [1.54, 1.807) is 6.20 Å². The third-order valence-electron chi connectivity index (χ3n) is 2.97. The molecule has 0 atom stereocenters. The molecule has 2 aromatic rings. The lowest BCUT2D eigenvalue weighted by molar-refractivity contribution is -0.385. The molecule has 0 bridgehead atoms. The Kier molecular flexibility index (Phi) is 3.24. The van der Waals surface area contributed by atoms with Gasteiger partial charge >= 0.3 is 5.69 Å². The summed E-state index contributed by atoms with van der Waals surface area (Å²) in [5.74, 6) is -0.730. The maximum Gasteiger partial charge on any atom is 0.307 e. The SMILES string of the molecule is CC1(c2cnc(Cn3cc([N+](=O)[O-])cn3)s2)OCCO1. The Balaban J connectivity index is 1.75. The molecule has 0 unspecified atom stereocenters. The average Bonchev–Trinajstić information content (AvgIpc) is 3.10. The maximum absolute atomic E-state index is 10.6. The summed E-state index contributed by atoms with van der Waals surface area (Å²) < 4.78 is 12.6. The first-order chi connectivity index (χ1) is 9.57. The minimum absolute atomic E-state index is 0.0313. The number of thiazole rings is 1. The molecule has 0 aliphatic carbocycles. The third kappa shape index (κ3) is 2.42. The molecule has 20 heavy (non-hydrogen) atoms. The van der Waals surface area contributed by atoms with Crippen LogP contribution in [0, 0.1) is 10.1 Å². The number of ether oxygens (including phenoxy) is 2. The highest BCUT2D eigenvalue weighted by Gasteiger charge is 2.35. The van der Waals surface area contributed by atoms with Crippen LogP contribution in [0.4, 0.5) is 5.69 Å². The molecule has 2 aromatic heterocycles. The Bertz CT molecular complexity index is 632. The van der Waals surface area contributed by atoms with E-state index in [4.69, 9.17) is 9.47 Å². The third-order valence-corrected chi connectivity index (χ3v) is 4.13. The van der Waals surface area contributed by atoms with E-state index >= 15 is 0 Å². The number of aromatic nitrogens is 3. The largest absolute Gasteiger partial charge is 0.343 e. The van der Waals surface area contributed by atoms with Crippen molar-refractivity contribution in [3.63, 3.8) is 0 Å². The molecule has 3 rings (SSSR count). The molecule has 0 amide bonds. The molecule has 3 heterocycles. The topological polar surface area (TPSA) is 92.3 Å². The Labute approximate surface area is 118 Å². The van der Waals surface area contributed by atoms with Gasteiger partial charge in [0.05, 0.1) is 29.6 Å². The molecule has 0 N–H and O–H groups in total. The minimum Gasteiger partial charge on any atom is -0.343 e. The molecule has 0 aromatic carbocycles. The average molecular weight is 296 g/mol. The van der Waals surface area contributed by atoms with Crippen molar-refractivity contribution < 1.29 is 14.4 Å². The molecule has 1 aliphatic heterocycles. The van der Waals surface area contributed by atoms with Gasteiger partial charge in [-0.05, 0) is 6.92 Å². The van der Waals surface area contributed by atoms with Gasteiger partial charge in [0, 0.05) is 6.20 Å². The van der Waals surface area contributed by atoms with Crippen LogP contribution < -0.4 is 0 Å². The smallest absolute Gasteiger partial charge is 0.307 e. The zero-order valence-corrected chi connectivity index (χ0v) is 11.5. The number of hydrogen-bond acceptors (Lipinski definition) is 7. The molecular formula is C11H12N4O4S. The van der Waals surface area contributed by atoms with Crippen LogP contribution in [0.1, 0.15) is 16.8 Å². The van der Waals surface area contributed by atoms with Gasteiger partial charge in [-0.25, -0.2) is 4.98 Å². The molecule has 8 nitrogen and oxygen atoms in total. The Morgan fingerprint density at radius 2 is 2.25 bits per heavy atom. The standard InChI is InChI=1S/C11H12N4O4S/c1-11(18-2-3-19-11)9-5-12-10(20-9)7-14-6-8(4-13-14)15(16)17/h4-6H,2-3,7H2,1H3. The van der Waals surface area contributed by atoms with Crippen molar-refractivity contribution in [2.45, 2.75) is 19.3 Å². The van der Waals surface area contributed by atoms with Gasteiger partial charge in [-0.2, -0.15) is 5.10 Å². The molecule has 0 radical (unpaired) electrons. The fourth-order valence-corrected chi connectivity index (χ4v) is 2.89. The molecular weight excluding hydrogens is 284 g/mol. The van der Waals surface area contributed by atoms with Crippen LogP contribution in [0.3, 0.4) is 0 Å². The molecule has 106 valence electrons. The molecule has 1 saturated heterocycles. The van der Waals surface area contributed by atoms with Crippen LogP contribution in [-0.2, 0) is 21.8 Å². The van der Waals surface area contributed by atoms with Gasteiger partial charge in [0.25, 0.3) is 0 Å². The lowest BCUT2D eigenvalue weighted by Gasteiger charge is -2.19. The second-order valence-corrected chi connectivity index (χ2v) is 5.53. The van der Waals surface area contributed by atoms with Gasteiger partial charge in [0.1, 0.15) is 17.4 Å². The van der Waals surface area contributed by atoms with E-state index in [1.807, 2.05) is 6.92 Å². The highest BCUT2D eigenvalue weighted by Crippen LogP contribution is 2.34. The first-order valence-corrected chi connectivity index (χ1v) is 6.78. The zero-order chi connectivity index (χ0) is 14.2. The molecule has 0 saturated carbocycles. The second kappa shape index (κ2) is 4.93. The van der Waals surface area contributed by atoms with Crippen LogP contribution in [0.5, 0.6) is 0 Å². The summed E-state index contributed by atoms with van der Waals surface area (Å²) >= 11 is 1.45. The lowest BCUT2D eigenvalue weighted by Crippen LogP contribution is -2.20. The van der Waals surface area contributed by atoms with Gasteiger partial charge in [-0.15, -0.1) is 11.3 Å². The highest BCUT2D eigenvalue weighted by molar-refractivity contribution is 7.11. The maximum atomic E-state index is 10.6. The van der Waals surface area contributed by atoms with Crippen molar-refractivity contribution in [1.29, 1.82) is 0 Å². The van der Waals surface area contributed by atoms with Gasteiger partial charge in [0.15, 0.2) is 0 Å². The number of nitro groups is 1. The van der Waals surface area contributed by atoms with E-state index in [9.17, 15) is 10.1 Å². The predicted molar refractivity (Wildman–Crippen MR) is 69.4 cm³/mol.